The van der Waals surface area contributed by atoms with Crippen LogP contribution in [0.5, 0.6) is 0 Å². The van der Waals surface area contributed by atoms with Crippen LogP contribution >= 0.6 is 35.4 Å². The van der Waals surface area contributed by atoms with E-state index in [1.165, 1.54) is 0 Å². The molecule has 0 unspecified atom stereocenters. The Bertz CT molecular complexity index is 1110. The van der Waals surface area contributed by atoms with Gasteiger partial charge in [0.05, 0.1) is 10.7 Å². The third-order valence-electron chi connectivity index (χ3n) is 4.47. The maximum absolute atomic E-state index is 6.38. The summed E-state index contributed by atoms with van der Waals surface area (Å²) in [6.45, 7) is 6.29. The lowest BCUT2D eigenvalue weighted by Gasteiger charge is -2.15. The molecular weight excluding hydrogens is 463 g/mol. The Labute approximate surface area is 203 Å². The highest BCUT2D eigenvalue weighted by Crippen LogP contribution is 2.24. The molecule has 3 N–H and O–H groups in total. The van der Waals surface area contributed by atoms with Crippen LogP contribution in [-0.4, -0.2) is 27.6 Å². The molecule has 0 aliphatic carbocycles. The van der Waals surface area contributed by atoms with Crippen LogP contribution in [0, 0.1) is 20.8 Å². The molecule has 0 fully saturated rings. The molecule has 0 atom stereocenters. The Kier molecular flexibility index (Phi) is 8.39. The van der Waals surface area contributed by atoms with E-state index in [0.717, 1.165) is 28.9 Å². The molecule has 0 radical (unpaired) electrons. The molecule has 2 aromatic carbocycles. The summed E-state index contributed by atoms with van der Waals surface area (Å²) in [5.74, 6) is 0.877. The van der Waals surface area contributed by atoms with Gasteiger partial charge in [0.2, 0.25) is 11.9 Å². The van der Waals surface area contributed by atoms with Gasteiger partial charge in [-0.2, -0.15) is 0 Å². The second-order valence-corrected chi connectivity index (χ2v) is 8.44. The first-order valence-electron chi connectivity index (χ1n) is 10.0. The zero-order chi connectivity index (χ0) is 23.1. The van der Waals surface area contributed by atoms with Gasteiger partial charge in [0.25, 0.3) is 0 Å². The summed E-state index contributed by atoms with van der Waals surface area (Å²) in [6, 6.07) is 15.3. The third kappa shape index (κ3) is 7.15. The van der Waals surface area contributed by atoms with Crippen LogP contribution in [0.25, 0.3) is 0 Å². The maximum atomic E-state index is 6.38. The standard InChI is InChI=1S/C23H24Cl2N6S/c1-14-5-4-6-19(20(14)25)29-23(32)31-21(30-22-27-15(2)13-16(3)28-22)26-12-11-17-7-9-18(24)10-8-17/h4-10,13H,11-12H2,1-3H3,(H3,26,27,28,29,30,31,32). The first-order valence-corrected chi connectivity index (χ1v) is 11.2. The summed E-state index contributed by atoms with van der Waals surface area (Å²) >= 11 is 17.8. The number of nitrogens with zero attached hydrogens (tertiary/aromatic N) is 3. The van der Waals surface area contributed by atoms with Gasteiger partial charge in [-0.05, 0) is 74.8 Å². The molecule has 32 heavy (non-hydrogen) atoms. The Morgan fingerprint density at radius 3 is 2.34 bits per heavy atom. The molecule has 3 aromatic rings. The van der Waals surface area contributed by atoms with Gasteiger partial charge >= 0.3 is 0 Å². The van der Waals surface area contributed by atoms with Crippen LogP contribution in [-0.2, 0) is 6.42 Å². The lowest BCUT2D eigenvalue weighted by atomic mass is 10.1. The summed E-state index contributed by atoms with van der Waals surface area (Å²) in [7, 11) is 0. The van der Waals surface area contributed by atoms with Crippen molar-refractivity contribution < 1.29 is 0 Å². The lowest BCUT2D eigenvalue weighted by molar-refractivity contribution is 0.956. The van der Waals surface area contributed by atoms with Crippen molar-refractivity contribution in [3.63, 3.8) is 0 Å². The van der Waals surface area contributed by atoms with Crippen molar-refractivity contribution in [1.29, 1.82) is 0 Å². The van der Waals surface area contributed by atoms with Crippen molar-refractivity contribution in [2.75, 3.05) is 17.2 Å². The number of aliphatic imine (C=N–C) groups is 1. The molecule has 3 rings (SSSR count). The number of hydrogen-bond acceptors (Lipinski definition) is 4. The van der Waals surface area contributed by atoms with Gasteiger partial charge < -0.3 is 10.6 Å². The van der Waals surface area contributed by atoms with Crippen molar-refractivity contribution in [3.05, 3.63) is 81.1 Å². The fourth-order valence-electron chi connectivity index (χ4n) is 2.95. The van der Waals surface area contributed by atoms with Crippen molar-refractivity contribution >= 4 is 58.1 Å². The van der Waals surface area contributed by atoms with Crippen LogP contribution in [0.4, 0.5) is 11.6 Å². The van der Waals surface area contributed by atoms with E-state index in [-0.39, 0.29) is 0 Å². The Hall–Kier alpha value is -2.74. The molecule has 0 saturated carbocycles. The van der Waals surface area contributed by atoms with E-state index >= 15 is 0 Å². The fourth-order valence-corrected chi connectivity index (χ4v) is 3.46. The number of hydrogen-bond donors (Lipinski definition) is 3. The van der Waals surface area contributed by atoms with Crippen LogP contribution in [0.15, 0.2) is 53.5 Å². The minimum Gasteiger partial charge on any atom is -0.331 e. The van der Waals surface area contributed by atoms with Gasteiger partial charge in [0.1, 0.15) is 0 Å². The molecule has 0 spiro atoms. The Morgan fingerprint density at radius 2 is 1.66 bits per heavy atom. The van der Waals surface area contributed by atoms with Gasteiger partial charge in [-0.3, -0.25) is 10.3 Å². The lowest BCUT2D eigenvalue weighted by Crippen LogP contribution is -2.39. The SMILES string of the molecule is Cc1cc(C)nc(NC(=NCCc2ccc(Cl)cc2)NC(=S)Nc2cccc(C)c2Cl)n1. The van der Waals surface area contributed by atoms with Gasteiger partial charge in [0.15, 0.2) is 5.11 Å². The van der Waals surface area contributed by atoms with Gasteiger partial charge in [0, 0.05) is 23.0 Å². The largest absolute Gasteiger partial charge is 0.331 e. The average Bonchev–Trinajstić information content (AvgIpc) is 2.72. The van der Waals surface area contributed by atoms with E-state index in [4.69, 9.17) is 35.4 Å². The summed E-state index contributed by atoms with van der Waals surface area (Å²) in [5.41, 5.74) is 4.51. The molecular formula is C23H24Cl2N6S. The first-order chi connectivity index (χ1) is 15.3. The number of guanidine groups is 1. The number of aryl methyl sites for hydroxylation is 3. The minimum absolute atomic E-state index is 0.347. The molecule has 9 heteroatoms. The van der Waals surface area contributed by atoms with Gasteiger partial charge in [-0.1, -0.05) is 47.5 Å². The van der Waals surface area contributed by atoms with Gasteiger partial charge in [-0.15, -0.1) is 0 Å². The highest BCUT2D eigenvalue weighted by atomic mass is 35.5. The van der Waals surface area contributed by atoms with Crippen molar-refractivity contribution in [1.82, 2.24) is 15.3 Å². The quantitative estimate of drug-likeness (QED) is 0.243. The van der Waals surface area contributed by atoms with E-state index in [9.17, 15) is 0 Å². The molecule has 0 aliphatic heterocycles. The summed E-state index contributed by atoms with van der Waals surface area (Å²) in [6.07, 6.45) is 0.738. The van der Waals surface area contributed by atoms with E-state index in [0.29, 0.717) is 39.3 Å². The van der Waals surface area contributed by atoms with E-state index in [1.54, 1.807) is 0 Å². The predicted octanol–water partition coefficient (Wildman–Crippen LogP) is 5.71. The van der Waals surface area contributed by atoms with E-state index < -0.39 is 0 Å². The average molecular weight is 487 g/mol. The molecule has 0 aliphatic rings. The number of halogens is 2. The van der Waals surface area contributed by atoms with Crippen molar-refractivity contribution in [2.24, 2.45) is 4.99 Å². The van der Waals surface area contributed by atoms with Crippen molar-refractivity contribution in [2.45, 2.75) is 27.2 Å². The van der Waals surface area contributed by atoms with Crippen LogP contribution in [0.3, 0.4) is 0 Å². The zero-order valence-electron chi connectivity index (χ0n) is 18.0. The topological polar surface area (TPSA) is 74.2 Å². The number of benzene rings is 2. The highest BCUT2D eigenvalue weighted by Gasteiger charge is 2.09. The monoisotopic (exact) mass is 486 g/mol. The minimum atomic E-state index is 0.347. The second-order valence-electron chi connectivity index (χ2n) is 7.22. The summed E-state index contributed by atoms with van der Waals surface area (Å²) in [4.78, 5) is 13.5. The van der Waals surface area contributed by atoms with E-state index in [1.807, 2.05) is 69.3 Å². The number of thiocarbonyl (C=S) groups is 1. The van der Waals surface area contributed by atoms with Crippen LogP contribution in [0.2, 0.25) is 10.0 Å². The molecule has 6 nitrogen and oxygen atoms in total. The summed E-state index contributed by atoms with van der Waals surface area (Å²) in [5, 5.41) is 11.0. The molecule has 0 bridgehead atoms. The van der Waals surface area contributed by atoms with E-state index in [2.05, 4.69) is 30.9 Å². The molecule has 0 amide bonds. The molecule has 166 valence electrons. The smallest absolute Gasteiger partial charge is 0.229 e. The maximum Gasteiger partial charge on any atom is 0.229 e. The molecule has 0 saturated heterocycles. The Balaban J connectivity index is 1.74. The molecule has 1 aromatic heterocycles. The number of aromatic nitrogens is 2. The molecule has 1 heterocycles. The highest BCUT2D eigenvalue weighted by molar-refractivity contribution is 7.80. The number of nitrogens with one attached hydrogen (secondary N) is 3. The summed E-state index contributed by atoms with van der Waals surface area (Å²) < 4.78 is 0. The Morgan fingerprint density at radius 1 is 0.969 bits per heavy atom. The second kappa shape index (κ2) is 11.2. The van der Waals surface area contributed by atoms with Crippen LogP contribution in [0.1, 0.15) is 22.5 Å². The third-order valence-corrected chi connectivity index (χ3v) is 5.43. The van der Waals surface area contributed by atoms with Crippen molar-refractivity contribution in [3.8, 4) is 0 Å². The zero-order valence-corrected chi connectivity index (χ0v) is 20.4. The van der Waals surface area contributed by atoms with Gasteiger partial charge in [-0.25, -0.2) is 9.97 Å². The number of rotatable bonds is 5. The first kappa shape index (κ1) is 23.9. The predicted molar refractivity (Wildman–Crippen MR) is 138 cm³/mol. The number of anilines is 2. The van der Waals surface area contributed by atoms with Crippen LogP contribution < -0.4 is 16.0 Å². The fraction of sp³-hybridized carbons (Fsp3) is 0.217. The normalized spacial score (nSPS) is 11.2.